The molecule has 0 fully saturated rings. The first-order valence-electron chi connectivity index (χ1n) is 8.62. The number of benzene rings is 2. The third kappa shape index (κ3) is 4.58. The topological polar surface area (TPSA) is 82.0 Å². The quantitative estimate of drug-likeness (QED) is 0.572. The lowest BCUT2D eigenvalue weighted by Crippen LogP contribution is -2.33. The van der Waals surface area contributed by atoms with Crippen LogP contribution in [0, 0.1) is 18.3 Å². The molecule has 144 valence electrons. The summed E-state index contributed by atoms with van der Waals surface area (Å²) in [5.41, 5.74) is 3.28. The summed E-state index contributed by atoms with van der Waals surface area (Å²) in [4.78, 5) is 22.1. The Morgan fingerprint density at radius 1 is 1.36 bits per heavy atom. The van der Waals surface area contributed by atoms with Gasteiger partial charge in [-0.25, -0.2) is 4.98 Å². The molecule has 0 aliphatic rings. The van der Waals surface area contributed by atoms with Crippen LogP contribution >= 0.6 is 23.4 Å². The largest absolute Gasteiger partial charge is 0.497 e. The number of nitrogens with one attached hydrogen (secondary N) is 1. The van der Waals surface area contributed by atoms with Crippen LogP contribution in [-0.4, -0.2) is 35.3 Å². The van der Waals surface area contributed by atoms with Crippen molar-refractivity contribution >= 4 is 46.0 Å². The van der Waals surface area contributed by atoms with Crippen molar-refractivity contribution in [1.82, 2.24) is 9.97 Å². The van der Waals surface area contributed by atoms with E-state index >= 15 is 0 Å². The average molecular weight is 415 g/mol. The summed E-state index contributed by atoms with van der Waals surface area (Å²) in [6.07, 6.45) is 0.252. The van der Waals surface area contributed by atoms with Gasteiger partial charge in [-0.3, -0.25) is 4.79 Å². The molecular weight excluding hydrogens is 396 g/mol. The number of aromatic amines is 1. The Morgan fingerprint density at radius 2 is 2.18 bits per heavy atom. The Kier molecular flexibility index (Phi) is 6.45. The molecule has 1 aromatic heterocycles. The van der Waals surface area contributed by atoms with Crippen molar-refractivity contribution in [2.45, 2.75) is 18.5 Å². The van der Waals surface area contributed by atoms with Gasteiger partial charge in [0, 0.05) is 23.3 Å². The molecule has 0 radical (unpaired) electrons. The van der Waals surface area contributed by atoms with E-state index in [1.54, 1.807) is 24.1 Å². The minimum absolute atomic E-state index is 0.0972. The van der Waals surface area contributed by atoms with Crippen molar-refractivity contribution in [2.24, 2.45) is 0 Å². The zero-order valence-corrected chi connectivity index (χ0v) is 17.1. The molecule has 0 aliphatic heterocycles. The van der Waals surface area contributed by atoms with Crippen LogP contribution in [0.1, 0.15) is 12.0 Å². The van der Waals surface area contributed by atoms with E-state index in [0.717, 1.165) is 28.0 Å². The zero-order chi connectivity index (χ0) is 20.1. The average Bonchev–Trinajstić information content (AvgIpc) is 3.11. The molecule has 2 aromatic carbocycles. The second-order valence-electron chi connectivity index (χ2n) is 6.10. The molecule has 0 atom stereocenters. The predicted octanol–water partition coefficient (Wildman–Crippen LogP) is 4.57. The van der Waals surface area contributed by atoms with Gasteiger partial charge in [0.25, 0.3) is 0 Å². The second-order valence-corrected chi connectivity index (χ2v) is 7.47. The number of rotatable bonds is 7. The molecule has 1 N–H and O–H groups in total. The smallest absolute Gasteiger partial charge is 0.237 e. The standard InChI is InChI=1S/C20H19ClN4O2S/c1-13-10-14(4-6-16(13)21)25(9-3-8-22)19(26)12-28-20-23-17-7-5-15(27-2)11-18(17)24-20/h4-7,10-11H,3,9,12H2,1-2H3,(H,23,24). The maximum atomic E-state index is 12.8. The molecule has 3 aromatic rings. The van der Waals surface area contributed by atoms with E-state index in [2.05, 4.69) is 16.0 Å². The number of fused-ring (bicyclic) bond motifs is 1. The lowest BCUT2D eigenvalue weighted by molar-refractivity contribution is -0.116. The number of carbonyl (C=O) groups is 1. The molecule has 0 saturated carbocycles. The number of hydrogen-bond acceptors (Lipinski definition) is 5. The van der Waals surface area contributed by atoms with Crippen LogP contribution in [0.15, 0.2) is 41.6 Å². The van der Waals surface area contributed by atoms with Crippen molar-refractivity contribution < 1.29 is 9.53 Å². The first-order chi connectivity index (χ1) is 13.5. The van der Waals surface area contributed by atoms with E-state index in [9.17, 15) is 4.79 Å². The van der Waals surface area contributed by atoms with E-state index in [1.807, 2.05) is 31.2 Å². The maximum Gasteiger partial charge on any atom is 0.237 e. The summed E-state index contributed by atoms with van der Waals surface area (Å²) in [6.45, 7) is 2.21. The van der Waals surface area contributed by atoms with Gasteiger partial charge < -0.3 is 14.6 Å². The highest BCUT2D eigenvalue weighted by Gasteiger charge is 2.17. The highest BCUT2D eigenvalue weighted by Crippen LogP contribution is 2.26. The summed E-state index contributed by atoms with van der Waals surface area (Å²) >= 11 is 7.41. The molecule has 1 amide bonds. The number of H-pyrrole nitrogens is 1. The fourth-order valence-corrected chi connectivity index (χ4v) is 3.60. The number of aryl methyl sites for hydroxylation is 1. The van der Waals surface area contributed by atoms with Crippen molar-refractivity contribution in [2.75, 3.05) is 24.3 Å². The molecule has 0 aliphatic carbocycles. The monoisotopic (exact) mass is 414 g/mol. The number of anilines is 1. The van der Waals surface area contributed by atoms with Crippen molar-refractivity contribution in [3.8, 4) is 11.8 Å². The minimum atomic E-state index is -0.0972. The number of hydrogen-bond donors (Lipinski definition) is 1. The number of ether oxygens (including phenoxy) is 1. The van der Waals surface area contributed by atoms with E-state index in [0.29, 0.717) is 16.7 Å². The van der Waals surface area contributed by atoms with E-state index in [1.165, 1.54) is 11.8 Å². The Morgan fingerprint density at radius 3 is 2.89 bits per heavy atom. The SMILES string of the molecule is COc1ccc2nc(SCC(=O)N(CCC#N)c3ccc(Cl)c(C)c3)[nH]c2c1. The number of nitrogens with zero attached hydrogens (tertiary/aromatic N) is 3. The summed E-state index contributed by atoms with van der Waals surface area (Å²) in [5.74, 6) is 0.842. The molecule has 3 rings (SSSR count). The molecule has 0 saturated heterocycles. The van der Waals surface area contributed by atoms with Crippen LogP contribution in [0.4, 0.5) is 5.69 Å². The highest BCUT2D eigenvalue weighted by molar-refractivity contribution is 7.99. The molecule has 0 unspecified atom stereocenters. The van der Waals surface area contributed by atoms with E-state index in [4.69, 9.17) is 21.6 Å². The zero-order valence-electron chi connectivity index (χ0n) is 15.5. The second kappa shape index (κ2) is 9.00. The molecule has 0 spiro atoms. The summed E-state index contributed by atoms with van der Waals surface area (Å²) in [7, 11) is 1.61. The molecule has 0 bridgehead atoms. The number of halogens is 1. The molecular formula is C20H19ClN4O2S. The van der Waals surface area contributed by atoms with E-state index < -0.39 is 0 Å². The molecule has 28 heavy (non-hydrogen) atoms. The van der Waals surface area contributed by atoms with Crippen LogP contribution < -0.4 is 9.64 Å². The molecule has 8 heteroatoms. The lowest BCUT2D eigenvalue weighted by Gasteiger charge is -2.22. The fourth-order valence-electron chi connectivity index (χ4n) is 2.73. The van der Waals surface area contributed by atoms with Gasteiger partial charge in [0.05, 0.1) is 36.4 Å². The Bertz CT molecular complexity index is 1040. The maximum absolute atomic E-state index is 12.8. The first-order valence-corrected chi connectivity index (χ1v) is 9.98. The summed E-state index contributed by atoms with van der Waals surface area (Å²) < 4.78 is 5.21. The number of methoxy groups -OCH3 is 1. The minimum Gasteiger partial charge on any atom is -0.497 e. The summed E-state index contributed by atoms with van der Waals surface area (Å²) in [6, 6.07) is 13.1. The number of aromatic nitrogens is 2. The number of amides is 1. The van der Waals surface area contributed by atoms with Gasteiger partial charge in [0.2, 0.25) is 5.91 Å². The van der Waals surface area contributed by atoms with Crippen molar-refractivity contribution in [3.63, 3.8) is 0 Å². The first kappa shape index (κ1) is 20.1. The Labute approximate surface area is 172 Å². The van der Waals surface area contributed by atoms with Gasteiger partial charge in [0.1, 0.15) is 5.75 Å². The van der Waals surface area contributed by atoms with Gasteiger partial charge in [-0.15, -0.1) is 0 Å². The number of nitriles is 1. The van der Waals surface area contributed by atoms with Crippen LogP contribution in [0.25, 0.3) is 11.0 Å². The van der Waals surface area contributed by atoms with Gasteiger partial charge >= 0.3 is 0 Å². The van der Waals surface area contributed by atoms with Crippen LogP contribution in [0.5, 0.6) is 5.75 Å². The van der Waals surface area contributed by atoms with Crippen LogP contribution in [-0.2, 0) is 4.79 Å². The third-order valence-electron chi connectivity index (χ3n) is 4.20. The summed E-state index contributed by atoms with van der Waals surface area (Å²) in [5, 5.41) is 10.2. The number of imidazole rings is 1. The fraction of sp³-hybridized carbons (Fsp3) is 0.250. The lowest BCUT2D eigenvalue weighted by atomic mass is 10.2. The van der Waals surface area contributed by atoms with Crippen molar-refractivity contribution in [1.29, 1.82) is 5.26 Å². The van der Waals surface area contributed by atoms with Gasteiger partial charge in [-0.1, -0.05) is 23.4 Å². The van der Waals surface area contributed by atoms with Crippen LogP contribution in [0.3, 0.4) is 0 Å². The van der Waals surface area contributed by atoms with E-state index in [-0.39, 0.29) is 18.1 Å². The predicted molar refractivity (Wildman–Crippen MR) is 112 cm³/mol. The van der Waals surface area contributed by atoms with Crippen molar-refractivity contribution in [3.05, 3.63) is 47.0 Å². The number of carbonyl (C=O) groups excluding carboxylic acids is 1. The Balaban J connectivity index is 1.74. The van der Waals surface area contributed by atoms with Gasteiger partial charge in [-0.05, 0) is 42.8 Å². The van der Waals surface area contributed by atoms with Crippen LogP contribution in [0.2, 0.25) is 5.02 Å². The normalized spacial score (nSPS) is 10.6. The molecule has 1 heterocycles. The van der Waals surface area contributed by atoms with Gasteiger partial charge in [0.15, 0.2) is 5.16 Å². The number of thioether (sulfide) groups is 1. The van der Waals surface area contributed by atoms with Gasteiger partial charge in [-0.2, -0.15) is 5.26 Å². The Hall–Kier alpha value is -2.69. The third-order valence-corrected chi connectivity index (χ3v) is 5.48. The molecule has 6 nitrogen and oxygen atoms in total. The highest BCUT2D eigenvalue weighted by atomic mass is 35.5.